The number of benzene rings is 2. The fourth-order valence-electron chi connectivity index (χ4n) is 1.97. The molecule has 0 bridgehead atoms. The molecule has 2 aromatic rings. The molecule has 0 aliphatic heterocycles. The van der Waals surface area contributed by atoms with Gasteiger partial charge in [0.05, 0.1) is 7.11 Å². The molecule has 2 N–H and O–H groups in total. The molecule has 0 amide bonds. The average Bonchev–Trinajstić information content (AvgIpc) is 2.47. The first-order valence-corrected chi connectivity index (χ1v) is 6.78. The summed E-state index contributed by atoms with van der Waals surface area (Å²) >= 11 is 5.94. The molecule has 0 fully saturated rings. The maximum absolute atomic E-state index is 5.98. The van der Waals surface area contributed by atoms with Gasteiger partial charge in [0, 0.05) is 11.6 Å². The van der Waals surface area contributed by atoms with Crippen LogP contribution in [0.5, 0.6) is 11.5 Å². The van der Waals surface area contributed by atoms with Gasteiger partial charge in [0.25, 0.3) is 0 Å². The average molecular weight is 292 g/mol. The van der Waals surface area contributed by atoms with Gasteiger partial charge >= 0.3 is 0 Å². The summed E-state index contributed by atoms with van der Waals surface area (Å²) in [6, 6.07) is 13.3. The molecule has 2 aromatic carbocycles. The van der Waals surface area contributed by atoms with Crippen LogP contribution in [-0.4, -0.2) is 13.7 Å². The molecule has 4 heteroatoms. The second kappa shape index (κ2) is 6.64. The number of ether oxygens (including phenoxy) is 2. The van der Waals surface area contributed by atoms with Gasteiger partial charge in [0.15, 0.2) is 0 Å². The van der Waals surface area contributed by atoms with E-state index in [0.29, 0.717) is 11.6 Å². The molecule has 0 saturated carbocycles. The van der Waals surface area contributed by atoms with Crippen molar-refractivity contribution in [3.05, 3.63) is 58.6 Å². The zero-order valence-corrected chi connectivity index (χ0v) is 12.4. The van der Waals surface area contributed by atoms with Crippen LogP contribution < -0.4 is 15.2 Å². The van der Waals surface area contributed by atoms with Gasteiger partial charge in [-0.15, -0.1) is 0 Å². The quantitative estimate of drug-likeness (QED) is 0.913. The Morgan fingerprint density at radius 2 is 1.85 bits per heavy atom. The van der Waals surface area contributed by atoms with Gasteiger partial charge in [-0.05, 0) is 48.4 Å². The van der Waals surface area contributed by atoms with Crippen LogP contribution in [0.4, 0.5) is 0 Å². The largest absolute Gasteiger partial charge is 0.497 e. The smallest absolute Gasteiger partial charge is 0.136 e. The van der Waals surface area contributed by atoms with Gasteiger partial charge in [0.2, 0.25) is 0 Å². The van der Waals surface area contributed by atoms with E-state index in [1.807, 2.05) is 49.4 Å². The van der Waals surface area contributed by atoms with E-state index < -0.39 is 0 Å². The number of aryl methyl sites for hydroxylation is 1. The molecule has 3 nitrogen and oxygen atoms in total. The van der Waals surface area contributed by atoms with Crippen LogP contribution in [0.1, 0.15) is 17.2 Å². The molecule has 0 radical (unpaired) electrons. The Kier molecular flexibility index (Phi) is 4.88. The van der Waals surface area contributed by atoms with Crippen molar-refractivity contribution in [1.29, 1.82) is 0 Å². The standard InChI is InChI=1S/C16H18ClNO2/c1-11-9-13(17)5-8-15(11)20-16(10-18)12-3-6-14(19-2)7-4-12/h3-9,16H,10,18H2,1-2H3. The summed E-state index contributed by atoms with van der Waals surface area (Å²) in [6.07, 6.45) is -0.194. The highest BCUT2D eigenvalue weighted by Crippen LogP contribution is 2.27. The SMILES string of the molecule is COc1ccc(C(CN)Oc2ccc(Cl)cc2C)cc1. The Bertz CT molecular complexity index is 569. The first-order chi connectivity index (χ1) is 9.63. The van der Waals surface area contributed by atoms with E-state index in [2.05, 4.69) is 0 Å². The first-order valence-electron chi connectivity index (χ1n) is 6.41. The zero-order valence-electron chi connectivity index (χ0n) is 11.6. The predicted molar refractivity (Wildman–Crippen MR) is 81.6 cm³/mol. The van der Waals surface area contributed by atoms with Gasteiger partial charge in [0.1, 0.15) is 17.6 Å². The number of halogens is 1. The summed E-state index contributed by atoms with van der Waals surface area (Å²) in [7, 11) is 1.64. The lowest BCUT2D eigenvalue weighted by Crippen LogP contribution is -2.18. The van der Waals surface area contributed by atoms with Gasteiger partial charge < -0.3 is 15.2 Å². The Morgan fingerprint density at radius 1 is 1.15 bits per heavy atom. The minimum Gasteiger partial charge on any atom is -0.497 e. The maximum atomic E-state index is 5.98. The summed E-state index contributed by atoms with van der Waals surface area (Å²) < 4.78 is 11.1. The second-order valence-electron chi connectivity index (χ2n) is 4.53. The van der Waals surface area contributed by atoms with Gasteiger partial charge in [-0.3, -0.25) is 0 Å². The van der Waals surface area contributed by atoms with Crippen molar-refractivity contribution >= 4 is 11.6 Å². The summed E-state index contributed by atoms with van der Waals surface area (Å²) in [5, 5.41) is 0.698. The fourth-order valence-corrected chi connectivity index (χ4v) is 2.20. The van der Waals surface area contributed by atoms with E-state index in [0.717, 1.165) is 22.6 Å². The molecule has 106 valence electrons. The minimum absolute atomic E-state index is 0.194. The van der Waals surface area contributed by atoms with Crippen LogP contribution in [0, 0.1) is 6.92 Å². The van der Waals surface area contributed by atoms with Crippen LogP contribution in [-0.2, 0) is 0 Å². The van der Waals surface area contributed by atoms with E-state index in [1.165, 1.54) is 0 Å². The molecule has 20 heavy (non-hydrogen) atoms. The van der Waals surface area contributed by atoms with Gasteiger partial charge in [-0.1, -0.05) is 23.7 Å². The summed E-state index contributed by atoms with van der Waals surface area (Å²) in [5.41, 5.74) is 7.83. The third-order valence-electron chi connectivity index (χ3n) is 3.11. The monoisotopic (exact) mass is 291 g/mol. The molecule has 1 atom stereocenters. The Labute approximate surface area is 124 Å². The topological polar surface area (TPSA) is 44.5 Å². The Morgan fingerprint density at radius 3 is 2.40 bits per heavy atom. The van der Waals surface area contributed by atoms with Crippen molar-refractivity contribution in [3.63, 3.8) is 0 Å². The minimum atomic E-state index is -0.194. The van der Waals surface area contributed by atoms with E-state index in [4.69, 9.17) is 26.8 Å². The van der Waals surface area contributed by atoms with Crippen molar-refractivity contribution in [3.8, 4) is 11.5 Å². The van der Waals surface area contributed by atoms with Crippen LogP contribution in [0.25, 0.3) is 0 Å². The maximum Gasteiger partial charge on any atom is 0.136 e. The van der Waals surface area contributed by atoms with Crippen molar-refractivity contribution in [2.24, 2.45) is 5.73 Å². The highest BCUT2D eigenvalue weighted by Gasteiger charge is 2.13. The van der Waals surface area contributed by atoms with Crippen molar-refractivity contribution in [2.75, 3.05) is 13.7 Å². The molecule has 0 aliphatic rings. The first kappa shape index (κ1) is 14.7. The summed E-state index contributed by atoms with van der Waals surface area (Å²) in [6.45, 7) is 2.36. The van der Waals surface area contributed by atoms with E-state index in [9.17, 15) is 0 Å². The lowest BCUT2D eigenvalue weighted by atomic mass is 10.1. The molecule has 0 aliphatic carbocycles. The molecule has 0 spiro atoms. The molecular formula is C16H18ClNO2. The van der Waals surface area contributed by atoms with Crippen LogP contribution in [0.2, 0.25) is 5.02 Å². The lowest BCUT2D eigenvalue weighted by molar-refractivity contribution is 0.212. The van der Waals surface area contributed by atoms with E-state index >= 15 is 0 Å². The zero-order chi connectivity index (χ0) is 14.5. The van der Waals surface area contributed by atoms with Crippen molar-refractivity contribution < 1.29 is 9.47 Å². The highest BCUT2D eigenvalue weighted by atomic mass is 35.5. The van der Waals surface area contributed by atoms with Crippen LogP contribution in [0.3, 0.4) is 0 Å². The number of methoxy groups -OCH3 is 1. The molecule has 0 saturated heterocycles. The third-order valence-corrected chi connectivity index (χ3v) is 3.34. The molecule has 0 aromatic heterocycles. The van der Waals surface area contributed by atoms with Crippen LogP contribution in [0.15, 0.2) is 42.5 Å². The van der Waals surface area contributed by atoms with Crippen molar-refractivity contribution in [1.82, 2.24) is 0 Å². The second-order valence-corrected chi connectivity index (χ2v) is 4.96. The summed E-state index contributed by atoms with van der Waals surface area (Å²) in [4.78, 5) is 0. The number of hydrogen-bond acceptors (Lipinski definition) is 3. The van der Waals surface area contributed by atoms with Crippen molar-refractivity contribution in [2.45, 2.75) is 13.0 Å². The molecule has 0 heterocycles. The molecular weight excluding hydrogens is 274 g/mol. The predicted octanol–water partition coefficient (Wildman–Crippen LogP) is 3.74. The van der Waals surface area contributed by atoms with E-state index in [-0.39, 0.29) is 6.10 Å². The highest BCUT2D eigenvalue weighted by molar-refractivity contribution is 6.30. The van der Waals surface area contributed by atoms with Gasteiger partial charge in [-0.25, -0.2) is 0 Å². The Balaban J connectivity index is 2.19. The molecule has 2 rings (SSSR count). The number of rotatable bonds is 5. The number of nitrogens with two attached hydrogens (primary N) is 1. The molecule has 1 unspecified atom stereocenters. The number of hydrogen-bond donors (Lipinski definition) is 1. The van der Waals surface area contributed by atoms with Crippen LogP contribution >= 0.6 is 11.6 Å². The summed E-state index contributed by atoms with van der Waals surface area (Å²) in [5.74, 6) is 1.60. The van der Waals surface area contributed by atoms with E-state index in [1.54, 1.807) is 7.11 Å². The normalized spacial score (nSPS) is 12.0. The van der Waals surface area contributed by atoms with Gasteiger partial charge in [-0.2, -0.15) is 0 Å². The Hall–Kier alpha value is -1.71. The lowest BCUT2D eigenvalue weighted by Gasteiger charge is -2.19. The fraction of sp³-hybridized carbons (Fsp3) is 0.250. The third kappa shape index (κ3) is 3.44.